The van der Waals surface area contributed by atoms with Crippen molar-refractivity contribution in [3.63, 3.8) is 0 Å². The predicted molar refractivity (Wildman–Crippen MR) is 96.3 cm³/mol. The number of rotatable bonds is 9. The van der Waals surface area contributed by atoms with E-state index in [0.717, 1.165) is 23.4 Å². The Bertz CT molecular complexity index is 729. The number of carbonyl (C=O) groups is 2. The SMILES string of the molecule is CCCc1ncc(C(=O)NCC(Cc2ccccc2OC)C(=O)O)s1. The van der Waals surface area contributed by atoms with E-state index in [0.29, 0.717) is 10.6 Å². The van der Waals surface area contributed by atoms with Crippen LogP contribution in [0.3, 0.4) is 0 Å². The van der Waals surface area contributed by atoms with Crippen LogP contribution in [-0.4, -0.2) is 35.6 Å². The minimum absolute atomic E-state index is 0.0488. The highest BCUT2D eigenvalue weighted by molar-refractivity contribution is 7.13. The van der Waals surface area contributed by atoms with Crippen LogP contribution in [0.5, 0.6) is 5.75 Å². The summed E-state index contributed by atoms with van der Waals surface area (Å²) < 4.78 is 5.26. The fraction of sp³-hybridized carbons (Fsp3) is 0.389. The number of aromatic nitrogens is 1. The molecule has 7 heteroatoms. The van der Waals surface area contributed by atoms with Crippen LogP contribution in [-0.2, 0) is 17.6 Å². The second kappa shape index (κ2) is 9.17. The summed E-state index contributed by atoms with van der Waals surface area (Å²) in [6.07, 6.45) is 3.63. The van der Waals surface area contributed by atoms with Crippen molar-refractivity contribution in [2.75, 3.05) is 13.7 Å². The van der Waals surface area contributed by atoms with Crippen LogP contribution < -0.4 is 10.1 Å². The Morgan fingerprint density at radius 3 is 2.80 bits per heavy atom. The maximum Gasteiger partial charge on any atom is 0.308 e. The van der Waals surface area contributed by atoms with Gasteiger partial charge in [0.25, 0.3) is 5.91 Å². The number of benzene rings is 1. The molecule has 0 spiro atoms. The molecule has 2 rings (SSSR count). The molecule has 0 bridgehead atoms. The number of aryl methyl sites for hydroxylation is 1. The highest BCUT2D eigenvalue weighted by atomic mass is 32.1. The number of methoxy groups -OCH3 is 1. The van der Waals surface area contributed by atoms with Crippen molar-refractivity contribution in [1.82, 2.24) is 10.3 Å². The minimum Gasteiger partial charge on any atom is -0.496 e. The lowest BCUT2D eigenvalue weighted by molar-refractivity contribution is -0.141. The molecule has 0 saturated heterocycles. The Hall–Kier alpha value is -2.41. The molecule has 1 unspecified atom stereocenters. The molecule has 0 aliphatic heterocycles. The van der Waals surface area contributed by atoms with E-state index in [9.17, 15) is 14.7 Å². The summed E-state index contributed by atoms with van der Waals surface area (Å²) in [4.78, 5) is 28.5. The van der Waals surface area contributed by atoms with Gasteiger partial charge >= 0.3 is 5.97 Å². The fourth-order valence-electron chi connectivity index (χ4n) is 2.43. The number of carboxylic acid groups (broad SMARTS) is 1. The van der Waals surface area contributed by atoms with Crippen molar-refractivity contribution < 1.29 is 19.4 Å². The van der Waals surface area contributed by atoms with Crippen molar-refractivity contribution in [2.24, 2.45) is 5.92 Å². The van der Waals surface area contributed by atoms with Gasteiger partial charge in [-0.1, -0.05) is 25.1 Å². The Morgan fingerprint density at radius 1 is 1.36 bits per heavy atom. The highest BCUT2D eigenvalue weighted by Gasteiger charge is 2.21. The number of nitrogens with zero attached hydrogens (tertiary/aromatic N) is 1. The average molecular weight is 362 g/mol. The molecule has 1 aromatic heterocycles. The third-order valence-corrected chi connectivity index (χ3v) is 4.81. The summed E-state index contributed by atoms with van der Waals surface area (Å²) >= 11 is 1.35. The smallest absolute Gasteiger partial charge is 0.308 e. The molecule has 1 heterocycles. The topological polar surface area (TPSA) is 88.5 Å². The van der Waals surface area contributed by atoms with Crippen LogP contribution in [0.15, 0.2) is 30.5 Å². The number of amides is 1. The first kappa shape index (κ1) is 18.9. The van der Waals surface area contributed by atoms with Crippen molar-refractivity contribution in [3.05, 3.63) is 45.9 Å². The van der Waals surface area contributed by atoms with Crippen LogP contribution in [0.25, 0.3) is 0 Å². The Kier molecular flexibility index (Phi) is 6.94. The molecule has 0 saturated carbocycles. The largest absolute Gasteiger partial charge is 0.496 e. The molecule has 0 aliphatic carbocycles. The van der Waals surface area contributed by atoms with E-state index in [-0.39, 0.29) is 18.9 Å². The van der Waals surface area contributed by atoms with Crippen molar-refractivity contribution in [2.45, 2.75) is 26.2 Å². The Morgan fingerprint density at radius 2 is 2.12 bits per heavy atom. The quantitative estimate of drug-likeness (QED) is 0.716. The predicted octanol–water partition coefficient (Wildman–Crippen LogP) is 2.78. The number of carbonyl (C=O) groups excluding carboxylic acids is 1. The monoisotopic (exact) mass is 362 g/mol. The van der Waals surface area contributed by atoms with Crippen molar-refractivity contribution >= 4 is 23.2 Å². The zero-order valence-corrected chi connectivity index (χ0v) is 15.1. The van der Waals surface area contributed by atoms with E-state index in [2.05, 4.69) is 17.2 Å². The number of hydrogen-bond acceptors (Lipinski definition) is 5. The second-order valence-corrected chi connectivity index (χ2v) is 6.74. The first-order valence-electron chi connectivity index (χ1n) is 8.12. The normalized spacial score (nSPS) is 11.8. The minimum atomic E-state index is -0.956. The van der Waals surface area contributed by atoms with Gasteiger partial charge in [0.2, 0.25) is 0 Å². The molecule has 0 aliphatic rings. The molecular weight excluding hydrogens is 340 g/mol. The molecule has 6 nitrogen and oxygen atoms in total. The number of carboxylic acids is 1. The van der Waals surface area contributed by atoms with Gasteiger partial charge in [-0.25, -0.2) is 4.98 Å². The third-order valence-electron chi connectivity index (χ3n) is 3.76. The fourth-order valence-corrected chi connectivity index (χ4v) is 3.37. The van der Waals surface area contributed by atoms with Crippen LogP contribution in [0.1, 0.15) is 33.6 Å². The summed E-state index contributed by atoms with van der Waals surface area (Å²) in [5.41, 5.74) is 0.801. The van der Waals surface area contributed by atoms with Crippen LogP contribution >= 0.6 is 11.3 Å². The molecule has 134 valence electrons. The van der Waals surface area contributed by atoms with Crippen molar-refractivity contribution in [1.29, 1.82) is 0 Å². The first-order valence-corrected chi connectivity index (χ1v) is 8.94. The van der Waals surface area contributed by atoms with E-state index >= 15 is 0 Å². The molecule has 1 atom stereocenters. The van der Waals surface area contributed by atoms with Gasteiger partial charge < -0.3 is 15.2 Å². The molecule has 2 aromatic rings. The van der Waals surface area contributed by atoms with E-state index < -0.39 is 11.9 Å². The molecular formula is C18H22N2O4S. The summed E-state index contributed by atoms with van der Waals surface area (Å²) in [7, 11) is 1.55. The van der Waals surface area contributed by atoms with Gasteiger partial charge in [0, 0.05) is 6.54 Å². The van der Waals surface area contributed by atoms with Crippen LogP contribution in [0.2, 0.25) is 0 Å². The lowest BCUT2D eigenvalue weighted by atomic mass is 9.98. The first-order chi connectivity index (χ1) is 12.0. The van der Waals surface area contributed by atoms with Crippen molar-refractivity contribution in [3.8, 4) is 5.75 Å². The van der Waals surface area contributed by atoms with Gasteiger partial charge in [-0.3, -0.25) is 9.59 Å². The number of nitrogens with one attached hydrogen (secondary N) is 1. The van der Waals surface area contributed by atoms with Gasteiger partial charge in [0.15, 0.2) is 0 Å². The molecule has 1 amide bonds. The van der Waals surface area contributed by atoms with Gasteiger partial charge in [0.05, 0.1) is 24.2 Å². The maximum absolute atomic E-state index is 12.2. The maximum atomic E-state index is 12.2. The van der Waals surface area contributed by atoms with Gasteiger partial charge in [-0.05, 0) is 30.9 Å². The van der Waals surface area contributed by atoms with E-state index in [4.69, 9.17) is 4.74 Å². The summed E-state index contributed by atoms with van der Waals surface area (Å²) in [5.74, 6) is -1.33. The third kappa shape index (κ3) is 5.29. The van der Waals surface area contributed by atoms with Crippen LogP contribution in [0.4, 0.5) is 0 Å². The zero-order chi connectivity index (χ0) is 18.2. The highest BCUT2D eigenvalue weighted by Crippen LogP contribution is 2.21. The summed E-state index contributed by atoms with van der Waals surface area (Å²) in [6, 6.07) is 7.29. The second-order valence-electron chi connectivity index (χ2n) is 5.63. The number of thiazole rings is 1. The summed E-state index contributed by atoms with van der Waals surface area (Å²) in [6.45, 7) is 2.10. The van der Waals surface area contributed by atoms with Gasteiger partial charge in [-0.15, -0.1) is 11.3 Å². The lowest BCUT2D eigenvalue weighted by Gasteiger charge is -2.15. The van der Waals surface area contributed by atoms with Gasteiger partial charge in [0.1, 0.15) is 10.6 Å². The zero-order valence-electron chi connectivity index (χ0n) is 14.3. The number of para-hydroxylation sites is 1. The summed E-state index contributed by atoms with van der Waals surface area (Å²) in [5, 5.41) is 13.1. The van der Waals surface area contributed by atoms with Gasteiger partial charge in [-0.2, -0.15) is 0 Å². The molecule has 0 radical (unpaired) electrons. The Labute approximate surface area is 150 Å². The number of hydrogen-bond donors (Lipinski definition) is 2. The standard InChI is InChI=1S/C18H22N2O4S/c1-3-6-16-19-11-15(25-16)17(21)20-10-13(18(22)23)9-12-7-4-5-8-14(12)24-2/h4-5,7-8,11,13H,3,6,9-10H2,1-2H3,(H,20,21)(H,22,23). The number of ether oxygens (including phenoxy) is 1. The molecule has 1 aromatic carbocycles. The van der Waals surface area contributed by atoms with E-state index in [1.165, 1.54) is 11.3 Å². The molecule has 0 fully saturated rings. The average Bonchev–Trinajstić information content (AvgIpc) is 3.07. The van der Waals surface area contributed by atoms with E-state index in [1.54, 1.807) is 19.4 Å². The van der Waals surface area contributed by atoms with E-state index in [1.807, 2.05) is 18.2 Å². The Balaban J connectivity index is 1.99. The lowest BCUT2D eigenvalue weighted by Crippen LogP contribution is -2.33. The van der Waals surface area contributed by atoms with Crippen LogP contribution in [0, 0.1) is 5.92 Å². The molecule has 2 N–H and O–H groups in total. The molecule has 25 heavy (non-hydrogen) atoms. The number of aliphatic carboxylic acids is 1.